The second-order valence-electron chi connectivity index (χ2n) is 4.98. The van der Waals surface area contributed by atoms with Gasteiger partial charge >= 0.3 is 5.97 Å². The van der Waals surface area contributed by atoms with Crippen molar-refractivity contribution in [3.63, 3.8) is 0 Å². The fourth-order valence-corrected chi connectivity index (χ4v) is 2.57. The van der Waals surface area contributed by atoms with Crippen LogP contribution in [-0.2, 0) is 9.53 Å². The Kier molecular flexibility index (Phi) is 1.37. The molecule has 0 N–H and O–H groups in total. The van der Waals surface area contributed by atoms with Gasteiger partial charge in [-0.2, -0.15) is 0 Å². The van der Waals surface area contributed by atoms with Gasteiger partial charge in [0, 0.05) is 5.41 Å². The molecule has 1 aliphatic carbocycles. The maximum atomic E-state index is 11.4. The van der Waals surface area contributed by atoms with Gasteiger partial charge in [-0.05, 0) is 18.3 Å². The van der Waals surface area contributed by atoms with Gasteiger partial charge in [0.25, 0.3) is 0 Å². The highest BCUT2D eigenvalue weighted by molar-refractivity contribution is 5.75. The zero-order valence-electron chi connectivity index (χ0n) is 8.02. The van der Waals surface area contributed by atoms with E-state index in [0.29, 0.717) is 6.61 Å². The zero-order valence-corrected chi connectivity index (χ0v) is 8.02. The average Bonchev–Trinajstić information content (AvgIpc) is 2.16. The van der Waals surface area contributed by atoms with E-state index in [0.717, 1.165) is 12.8 Å². The van der Waals surface area contributed by atoms with Crippen LogP contribution in [0.25, 0.3) is 0 Å². The highest BCUT2D eigenvalue weighted by Gasteiger charge is 2.58. The maximum absolute atomic E-state index is 11.4. The molecule has 0 aromatic rings. The largest absolute Gasteiger partial charge is 0.465 e. The third kappa shape index (κ3) is 0.732. The Labute approximate surface area is 73.3 Å². The van der Waals surface area contributed by atoms with Crippen molar-refractivity contribution in [2.75, 3.05) is 6.61 Å². The van der Waals surface area contributed by atoms with Crippen molar-refractivity contribution < 1.29 is 9.53 Å². The summed E-state index contributed by atoms with van der Waals surface area (Å²) in [6, 6.07) is 0. The molecule has 1 saturated heterocycles. The summed E-state index contributed by atoms with van der Waals surface area (Å²) in [7, 11) is 0. The van der Waals surface area contributed by atoms with Gasteiger partial charge in [0.2, 0.25) is 0 Å². The van der Waals surface area contributed by atoms with Crippen LogP contribution in [0.1, 0.15) is 33.6 Å². The van der Waals surface area contributed by atoms with E-state index in [1.54, 1.807) is 0 Å². The van der Waals surface area contributed by atoms with Crippen LogP contribution in [0.4, 0.5) is 0 Å². The summed E-state index contributed by atoms with van der Waals surface area (Å²) in [4.78, 5) is 11.4. The first-order valence-corrected chi connectivity index (χ1v) is 4.64. The van der Waals surface area contributed by atoms with Crippen LogP contribution in [0.5, 0.6) is 0 Å². The first kappa shape index (κ1) is 8.09. The molecule has 0 radical (unpaired) electrons. The summed E-state index contributed by atoms with van der Waals surface area (Å²) >= 11 is 0. The fourth-order valence-electron chi connectivity index (χ4n) is 2.57. The predicted molar refractivity (Wildman–Crippen MR) is 45.6 cm³/mol. The Bertz CT molecular complexity index is 232. The second kappa shape index (κ2) is 2.04. The molecule has 0 unspecified atom stereocenters. The number of fused-ring (bicyclic) bond motifs is 2. The van der Waals surface area contributed by atoms with Crippen LogP contribution in [0, 0.1) is 16.7 Å². The van der Waals surface area contributed by atoms with Gasteiger partial charge < -0.3 is 4.74 Å². The number of hydrogen-bond acceptors (Lipinski definition) is 2. The SMILES string of the molecule is CC1(C)[C@H]2CC[C@@]1(C)COC2=O. The van der Waals surface area contributed by atoms with Crippen LogP contribution in [0.15, 0.2) is 0 Å². The summed E-state index contributed by atoms with van der Waals surface area (Å²) in [6.45, 7) is 7.25. The molecule has 0 aromatic heterocycles. The standard InChI is InChI=1S/C10H16O2/c1-9(2)7-4-5-10(9,3)6-12-8(7)11/h7H,4-6H2,1-3H3/t7-,10-/m0/s1. The molecule has 0 spiro atoms. The zero-order chi connectivity index (χ0) is 8.98. The minimum Gasteiger partial charge on any atom is -0.465 e. The molecule has 2 aliphatic rings. The smallest absolute Gasteiger partial charge is 0.309 e. The van der Waals surface area contributed by atoms with Gasteiger partial charge in [0.15, 0.2) is 0 Å². The number of hydrogen-bond donors (Lipinski definition) is 0. The average molecular weight is 168 g/mol. The van der Waals surface area contributed by atoms with E-state index >= 15 is 0 Å². The highest BCUT2D eigenvalue weighted by Crippen LogP contribution is 2.58. The second-order valence-corrected chi connectivity index (χ2v) is 4.98. The lowest BCUT2D eigenvalue weighted by atomic mass is 9.65. The fraction of sp³-hybridized carbons (Fsp3) is 0.900. The van der Waals surface area contributed by atoms with Gasteiger partial charge in [-0.25, -0.2) is 0 Å². The maximum Gasteiger partial charge on any atom is 0.309 e. The molecule has 2 bridgehead atoms. The van der Waals surface area contributed by atoms with Crippen molar-refractivity contribution in [2.45, 2.75) is 33.6 Å². The van der Waals surface area contributed by atoms with Crippen LogP contribution in [-0.4, -0.2) is 12.6 Å². The Morgan fingerprint density at radius 3 is 2.67 bits per heavy atom. The molecule has 2 rings (SSSR count). The molecule has 2 fully saturated rings. The summed E-state index contributed by atoms with van der Waals surface area (Å²) < 4.78 is 5.16. The van der Waals surface area contributed by atoms with Crippen LogP contribution < -0.4 is 0 Å². The lowest BCUT2D eigenvalue weighted by Crippen LogP contribution is -2.46. The minimum atomic E-state index is 0.0231. The third-order valence-electron chi connectivity index (χ3n) is 4.23. The van der Waals surface area contributed by atoms with E-state index in [1.807, 2.05) is 0 Å². The number of rotatable bonds is 0. The summed E-state index contributed by atoms with van der Waals surface area (Å²) in [5.41, 5.74) is 0.369. The first-order valence-electron chi connectivity index (χ1n) is 4.64. The number of esters is 1. The minimum absolute atomic E-state index is 0.0231. The van der Waals surface area contributed by atoms with Crippen LogP contribution in [0.3, 0.4) is 0 Å². The Balaban J connectivity index is 2.40. The molecular formula is C10H16O2. The molecule has 1 aliphatic heterocycles. The monoisotopic (exact) mass is 168 g/mol. The number of ether oxygens (including phenoxy) is 1. The number of cyclic esters (lactones) is 1. The molecule has 2 nitrogen and oxygen atoms in total. The van der Waals surface area contributed by atoms with Crippen LogP contribution in [0.2, 0.25) is 0 Å². The topological polar surface area (TPSA) is 26.3 Å². The first-order chi connectivity index (χ1) is 5.47. The van der Waals surface area contributed by atoms with Gasteiger partial charge in [0.05, 0.1) is 12.5 Å². The van der Waals surface area contributed by atoms with Gasteiger partial charge in [-0.1, -0.05) is 20.8 Å². The number of carbonyl (C=O) groups excluding carboxylic acids is 1. The molecule has 0 amide bonds. The molecular weight excluding hydrogens is 152 g/mol. The molecule has 68 valence electrons. The molecule has 2 atom stereocenters. The third-order valence-corrected chi connectivity index (χ3v) is 4.23. The van der Waals surface area contributed by atoms with Gasteiger partial charge in [-0.15, -0.1) is 0 Å². The lowest BCUT2D eigenvalue weighted by Gasteiger charge is -2.44. The molecule has 12 heavy (non-hydrogen) atoms. The molecule has 1 saturated carbocycles. The Hall–Kier alpha value is -0.530. The van der Waals surface area contributed by atoms with E-state index in [1.165, 1.54) is 0 Å². The normalized spacial score (nSPS) is 44.2. The van der Waals surface area contributed by atoms with E-state index < -0.39 is 0 Å². The van der Waals surface area contributed by atoms with Gasteiger partial charge in [-0.3, -0.25) is 4.79 Å². The van der Waals surface area contributed by atoms with E-state index in [2.05, 4.69) is 20.8 Å². The quantitative estimate of drug-likeness (QED) is 0.517. The van der Waals surface area contributed by atoms with Crippen molar-refractivity contribution in [1.82, 2.24) is 0 Å². The predicted octanol–water partition coefficient (Wildman–Crippen LogP) is 1.99. The Morgan fingerprint density at radius 1 is 1.42 bits per heavy atom. The lowest BCUT2D eigenvalue weighted by molar-refractivity contribution is -0.169. The van der Waals surface area contributed by atoms with E-state index in [-0.39, 0.29) is 22.7 Å². The molecule has 0 aromatic carbocycles. The molecule has 1 heterocycles. The van der Waals surface area contributed by atoms with Crippen molar-refractivity contribution in [2.24, 2.45) is 16.7 Å². The van der Waals surface area contributed by atoms with Crippen molar-refractivity contribution in [1.29, 1.82) is 0 Å². The summed E-state index contributed by atoms with van der Waals surface area (Å²) in [6.07, 6.45) is 2.15. The highest BCUT2D eigenvalue weighted by atomic mass is 16.5. The van der Waals surface area contributed by atoms with Crippen molar-refractivity contribution in [3.8, 4) is 0 Å². The summed E-state index contributed by atoms with van der Waals surface area (Å²) in [5, 5.41) is 0. The summed E-state index contributed by atoms with van der Waals surface area (Å²) in [5.74, 6) is 0.172. The van der Waals surface area contributed by atoms with E-state index in [9.17, 15) is 4.79 Å². The molecule has 2 heteroatoms. The van der Waals surface area contributed by atoms with E-state index in [4.69, 9.17) is 4.74 Å². The number of carbonyl (C=O) groups is 1. The van der Waals surface area contributed by atoms with Crippen molar-refractivity contribution >= 4 is 5.97 Å². The van der Waals surface area contributed by atoms with Crippen molar-refractivity contribution in [3.05, 3.63) is 0 Å². The van der Waals surface area contributed by atoms with Crippen LogP contribution >= 0.6 is 0 Å². The van der Waals surface area contributed by atoms with Gasteiger partial charge in [0.1, 0.15) is 0 Å². The Morgan fingerprint density at radius 2 is 2.08 bits per heavy atom.